The van der Waals surface area contributed by atoms with Gasteiger partial charge in [-0.25, -0.2) is 84.7 Å². The van der Waals surface area contributed by atoms with Crippen molar-refractivity contribution < 1.29 is 46.7 Å². The van der Waals surface area contributed by atoms with Gasteiger partial charge >= 0.3 is 42.2 Å². The summed E-state index contributed by atoms with van der Waals surface area (Å²) in [6.07, 6.45) is 10.3. The van der Waals surface area contributed by atoms with Crippen LogP contribution in [-0.2, 0) is 0 Å². The number of carbonyl (C=O) groups is 7. The van der Waals surface area contributed by atoms with Gasteiger partial charge in [0.05, 0.1) is 49.1 Å². The van der Waals surface area contributed by atoms with E-state index in [1.165, 1.54) is 52.2 Å². The van der Waals surface area contributed by atoms with E-state index in [-0.39, 0.29) is 35.5 Å². The molecule has 0 atom stereocenters. The molecule has 0 bridgehead atoms. The van der Waals surface area contributed by atoms with Gasteiger partial charge in [0.1, 0.15) is 17.5 Å². The summed E-state index contributed by atoms with van der Waals surface area (Å²) in [7, 11) is 0. The number of aryl methyl sites for hydroxylation is 21. The van der Waals surface area contributed by atoms with Crippen molar-refractivity contribution in [1.29, 1.82) is 0 Å². The Hall–Kier alpha value is -17.8. The van der Waals surface area contributed by atoms with E-state index in [9.17, 15) is 46.7 Å². The first-order chi connectivity index (χ1) is 71.6. The van der Waals surface area contributed by atoms with Gasteiger partial charge in [0.2, 0.25) is 0 Å². The lowest BCUT2D eigenvalue weighted by molar-refractivity contribution is 0.251. The molecule has 0 saturated carbocycles. The first kappa shape index (κ1) is 117. The van der Waals surface area contributed by atoms with Crippen LogP contribution in [0.1, 0.15) is 154 Å². The molecule has 33 heteroatoms. The van der Waals surface area contributed by atoms with Gasteiger partial charge in [-0.2, -0.15) is 35.7 Å². The Morgan fingerprint density at radius 1 is 0.227 bits per heavy atom. The zero-order valence-corrected chi connectivity index (χ0v) is 89.3. The molecule has 0 aliphatic heterocycles. The van der Waals surface area contributed by atoms with Crippen molar-refractivity contribution >= 4 is 148 Å². The molecule has 14 N–H and O–H groups in total. The number of halogens is 4. The quantitative estimate of drug-likeness (QED) is 0.0243. The maximum absolute atomic E-state index is 13.6. The van der Waals surface area contributed by atoms with Crippen LogP contribution in [0.3, 0.4) is 0 Å². The molecule has 0 spiro atoms. The summed E-state index contributed by atoms with van der Waals surface area (Å²) in [6, 6.07) is 78.3. The number of carbonyl (C=O) groups excluding carboxylic acids is 7. The standard InChI is InChI=1S/C17H18ClN3O.C17H17F2N3O.C17H18FN3O.3C17H19N3O.C15H17N3OS/c1-11-7-8-14(15(18)9-11)10-19-21-17(22)20-16-12(2)5-4-6-13(16)3;1-10-7-14(18)13(15(19)8-10)9-20-22-17(23)21-16-11(2)5-4-6-12(16)3;1-11-7-8-14(9-15(11)18)10-19-21-17(22)20-16-12(2)5-4-6-13(16)3;3*1-12-7-9-15(10-8-12)11-18-20-17(21)19-16-13(2)5-4-6-14(16)3;1-10-5-4-6-11(2)14(10)17-15(19)18-16-9-13-8-7-12(3)20-13/h4-10H,1-3H3,(H2,20,21,22);4-9H,1-3H3,(H2,21,22,23);4-10H,1-3H3,(H2,20,21,22);3*4-11H,1-3H3,(H2,19,20,21);4-9H,1-3H3,(H2,17,18,19)/b19-10+;20-9+;19-10+;3*18-11+;16-9+. The SMILES string of the molecule is Cc1cc(F)c(/C=N/NC(=O)Nc2c(C)cccc2C)c(F)c1.Cc1ccc(/C=N/NC(=O)Nc2c(C)cccc2C)c(Cl)c1.Cc1ccc(/C=N/NC(=O)Nc2c(C)cccc2C)cc1.Cc1ccc(/C=N/NC(=O)Nc2c(C)cccc2C)cc1.Cc1ccc(/C=N/NC(=O)Nc2c(C)cccc2C)cc1.Cc1ccc(/C=N/NC(=O)Nc2c(C)cccc2C)cc1F.Cc1ccc(/C=N/NC(=O)Nc2c(C)cccc2C)s1. The highest BCUT2D eigenvalue weighted by molar-refractivity contribution is 7.13. The van der Waals surface area contributed by atoms with Crippen molar-refractivity contribution in [1.82, 2.24) is 38.0 Å². The molecule has 14 aromatic rings. The summed E-state index contributed by atoms with van der Waals surface area (Å²) < 4.78 is 40.6. The number of anilines is 7. The van der Waals surface area contributed by atoms with Gasteiger partial charge in [0.25, 0.3) is 0 Å². The average Bonchev–Trinajstić information content (AvgIpc) is 1.31. The number of para-hydroxylation sites is 7. The van der Waals surface area contributed by atoms with Crippen molar-refractivity contribution in [2.45, 2.75) is 145 Å². The Morgan fingerprint density at radius 3 is 0.707 bits per heavy atom. The van der Waals surface area contributed by atoms with Crippen LogP contribution in [0.2, 0.25) is 5.02 Å². The summed E-state index contributed by atoms with van der Waals surface area (Å²) in [5.41, 5.74) is 45.8. The van der Waals surface area contributed by atoms with E-state index >= 15 is 0 Å². The van der Waals surface area contributed by atoms with Crippen LogP contribution >= 0.6 is 22.9 Å². The van der Waals surface area contributed by atoms with E-state index < -0.39 is 29.7 Å². The molecule has 150 heavy (non-hydrogen) atoms. The molecule has 0 radical (unpaired) electrons. The Labute approximate surface area is 883 Å². The number of amides is 14. The lowest BCUT2D eigenvalue weighted by Crippen LogP contribution is -2.25. The van der Waals surface area contributed by atoms with Gasteiger partial charge in [-0.15, -0.1) is 11.3 Å². The fourth-order valence-corrected chi connectivity index (χ4v) is 15.0. The minimum Gasteiger partial charge on any atom is -0.306 e. The molecule has 1 aromatic heterocycles. The predicted molar refractivity (Wildman–Crippen MR) is 611 cm³/mol. The highest BCUT2D eigenvalue weighted by Gasteiger charge is 2.16. The Kier molecular flexibility index (Phi) is 47.2. The second-order valence-electron chi connectivity index (χ2n) is 35.0. The largest absolute Gasteiger partial charge is 0.339 e. The molecule has 14 rings (SSSR count). The first-order valence-electron chi connectivity index (χ1n) is 47.5. The molecular formula is C117H127ClF3N21O7S. The predicted octanol–water partition coefficient (Wildman–Crippen LogP) is 27.5. The smallest absolute Gasteiger partial charge is 0.306 e. The topological polar surface area (TPSA) is 374 Å². The lowest BCUT2D eigenvalue weighted by Gasteiger charge is -2.10. The van der Waals surface area contributed by atoms with Crippen LogP contribution in [0.25, 0.3) is 0 Å². The number of thiophene rings is 1. The van der Waals surface area contributed by atoms with Crippen LogP contribution in [0.4, 0.5) is 86.5 Å². The normalized spacial score (nSPS) is 10.7. The van der Waals surface area contributed by atoms with Crippen LogP contribution in [0.5, 0.6) is 0 Å². The maximum Gasteiger partial charge on any atom is 0.339 e. The number of hydrazone groups is 7. The molecular weight excluding hydrogens is 1940 g/mol. The van der Waals surface area contributed by atoms with Crippen molar-refractivity contribution in [3.8, 4) is 0 Å². The van der Waals surface area contributed by atoms with E-state index in [4.69, 9.17) is 11.6 Å². The van der Waals surface area contributed by atoms with Crippen molar-refractivity contribution in [3.63, 3.8) is 0 Å². The number of rotatable bonds is 21. The van der Waals surface area contributed by atoms with Crippen LogP contribution in [0.15, 0.2) is 297 Å². The van der Waals surface area contributed by atoms with Gasteiger partial charge in [-0.05, 0) is 299 Å². The minimum atomic E-state index is -0.733. The number of hydrogen-bond donors (Lipinski definition) is 14. The molecule has 14 amide bonds. The molecule has 1 heterocycles. The average molecular weight is 2060 g/mol. The van der Waals surface area contributed by atoms with Crippen LogP contribution in [0, 0.1) is 163 Å². The van der Waals surface area contributed by atoms with Gasteiger partial charge in [-0.1, -0.05) is 253 Å². The third-order valence-electron chi connectivity index (χ3n) is 22.2. The van der Waals surface area contributed by atoms with E-state index in [1.54, 1.807) is 62.2 Å². The molecule has 776 valence electrons. The summed E-state index contributed by atoms with van der Waals surface area (Å²) >= 11 is 7.72. The third-order valence-corrected chi connectivity index (χ3v) is 23.5. The van der Waals surface area contributed by atoms with Crippen LogP contribution < -0.4 is 75.2 Å². The van der Waals surface area contributed by atoms with Crippen molar-refractivity contribution in [3.05, 3.63) is 438 Å². The van der Waals surface area contributed by atoms with Crippen molar-refractivity contribution in [2.24, 2.45) is 35.7 Å². The monoisotopic (exact) mass is 2060 g/mol. The van der Waals surface area contributed by atoms with E-state index in [0.29, 0.717) is 27.4 Å². The van der Waals surface area contributed by atoms with Gasteiger partial charge < -0.3 is 37.2 Å². The molecule has 0 unspecified atom stereocenters. The molecule has 13 aromatic carbocycles. The Morgan fingerprint density at radius 2 is 0.460 bits per heavy atom. The molecule has 28 nitrogen and oxygen atoms in total. The first-order valence-corrected chi connectivity index (χ1v) is 48.6. The van der Waals surface area contributed by atoms with Gasteiger partial charge in [0.15, 0.2) is 0 Å². The number of benzene rings is 13. The highest BCUT2D eigenvalue weighted by Crippen LogP contribution is 2.27. The van der Waals surface area contributed by atoms with E-state index in [1.807, 2.05) is 362 Å². The maximum atomic E-state index is 13.6. The molecule has 0 aliphatic rings. The van der Waals surface area contributed by atoms with Crippen LogP contribution in [-0.4, -0.2) is 85.7 Å². The number of hydrogen-bond acceptors (Lipinski definition) is 15. The van der Waals surface area contributed by atoms with E-state index in [2.05, 4.69) is 111 Å². The fraction of sp³-hybridized carbons (Fsp3) is 0.179. The summed E-state index contributed by atoms with van der Waals surface area (Å²) in [5, 5.41) is 47.1. The van der Waals surface area contributed by atoms with Gasteiger partial charge in [-0.3, -0.25) is 0 Å². The van der Waals surface area contributed by atoms with Crippen molar-refractivity contribution in [2.75, 3.05) is 37.2 Å². The van der Waals surface area contributed by atoms with Gasteiger partial charge in [0, 0.05) is 60.2 Å². The zero-order chi connectivity index (χ0) is 109. The second-order valence-corrected chi connectivity index (χ2v) is 36.7. The second kappa shape index (κ2) is 60.2. The molecule has 0 aliphatic carbocycles. The summed E-state index contributed by atoms with van der Waals surface area (Å²) in [4.78, 5) is 85.0. The highest BCUT2D eigenvalue weighted by atomic mass is 35.5. The number of urea groups is 7. The minimum absolute atomic E-state index is 0.302. The number of nitrogens with zero attached hydrogens (tertiary/aromatic N) is 7. The number of nitrogens with one attached hydrogen (secondary N) is 14. The third kappa shape index (κ3) is 40.7. The zero-order valence-electron chi connectivity index (χ0n) is 87.8. The summed E-state index contributed by atoms with van der Waals surface area (Å²) in [6.45, 7) is 40.4. The lowest BCUT2D eigenvalue weighted by atomic mass is 10.1. The Bertz CT molecular complexity index is 6800. The molecule has 0 saturated heterocycles. The summed E-state index contributed by atoms with van der Waals surface area (Å²) in [5.74, 6) is -1.77. The Balaban J connectivity index is 0.000000213. The fourth-order valence-electron chi connectivity index (χ4n) is 13.9. The van der Waals surface area contributed by atoms with E-state index in [0.717, 1.165) is 151 Å². The molecule has 0 fully saturated rings.